The summed E-state index contributed by atoms with van der Waals surface area (Å²) in [4.78, 5) is 11.3. The predicted octanol–water partition coefficient (Wildman–Crippen LogP) is 0.982. The lowest BCUT2D eigenvalue weighted by Crippen LogP contribution is -2.07. The van der Waals surface area contributed by atoms with Gasteiger partial charge in [-0.25, -0.2) is 4.79 Å². The average Bonchev–Trinajstić information content (AvgIpc) is 2.29. The second-order valence-electron chi connectivity index (χ2n) is 2.92. The standard InChI is InChI=1S/C11H14O4/c1-14-11(13)10-5-3-2-4-9(10)8-15-7-6-12/h2-5,12H,6-8H2,1H3. The highest BCUT2D eigenvalue weighted by molar-refractivity contribution is 5.90. The van der Waals surface area contributed by atoms with Crippen molar-refractivity contribution in [1.29, 1.82) is 0 Å². The van der Waals surface area contributed by atoms with E-state index >= 15 is 0 Å². The third-order valence-electron chi connectivity index (χ3n) is 1.92. The number of ether oxygens (including phenoxy) is 2. The maximum atomic E-state index is 11.3. The molecule has 0 aromatic heterocycles. The first-order valence-corrected chi connectivity index (χ1v) is 4.64. The Bertz CT molecular complexity index is 322. The zero-order valence-electron chi connectivity index (χ0n) is 8.60. The number of carbonyl (C=O) groups is 1. The normalized spacial score (nSPS) is 10.0. The first-order valence-electron chi connectivity index (χ1n) is 4.64. The third kappa shape index (κ3) is 3.34. The van der Waals surface area contributed by atoms with Crippen LogP contribution in [0.5, 0.6) is 0 Å². The van der Waals surface area contributed by atoms with Gasteiger partial charge in [-0.1, -0.05) is 18.2 Å². The summed E-state index contributed by atoms with van der Waals surface area (Å²) < 4.78 is 9.79. The lowest BCUT2D eigenvalue weighted by atomic mass is 10.1. The molecule has 1 rings (SSSR count). The molecular weight excluding hydrogens is 196 g/mol. The molecule has 0 bridgehead atoms. The minimum absolute atomic E-state index is 0.0274. The largest absolute Gasteiger partial charge is 0.465 e. The molecule has 0 saturated heterocycles. The summed E-state index contributed by atoms with van der Waals surface area (Å²) in [6.07, 6.45) is 0. The molecule has 4 nitrogen and oxygen atoms in total. The summed E-state index contributed by atoms with van der Waals surface area (Å²) >= 11 is 0. The Balaban J connectivity index is 2.73. The Morgan fingerprint density at radius 1 is 1.40 bits per heavy atom. The van der Waals surface area contributed by atoms with Crippen molar-refractivity contribution in [3.05, 3.63) is 35.4 Å². The van der Waals surface area contributed by atoms with E-state index in [1.165, 1.54) is 7.11 Å². The number of esters is 1. The molecule has 0 heterocycles. The number of rotatable bonds is 5. The van der Waals surface area contributed by atoms with Gasteiger partial charge in [0.1, 0.15) is 0 Å². The van der Waals surface area contributed by atoms with Crippen molar-refractivity contribution in [3.63, 3.8) is 0 Å². The Morgan fingerprint density at radius 3 is 2.80 bits per heavy atom. The fraction of sp³-hybridized carbons (Fsp3) is 0.364. The molecule has 0 amide bonds. The van der Waals surface area contributed by atoms with Crippen LogP contribution >= 0.6 is 0 Å². The van der Waals surface area contributed by atoms with Crippen molar-refractivity contribution in [2.24, 2.45) is 0 Å². The van der Waals surface area contributed by atoms with Gasteiger partial charge in [-0.3, -0.25) is 0 Å². The highest BCUT2D eigenvalue weighted by atomic mass is 16.5. The van der Waals surface area contributed by atoms with Gasteiger partial charge in [-0.15, -0.1) is 0 Å². The Labute approximate surface area is 88.4 Å². The van der Waals surface area contributed by atoms with Gasteiger partial charge < -0.3 is 14.6 Å². The number of aliphatic hydroxyl groups is 1. The summed E-state index contributed by atoms with van der Waals surface area (Å²) in [6.45, 7) is 0.529. The number of hydrogen-bond acceptors (Lipinski definition) is 4. The van der Waals surface area contributed by atoms with E-state index in [4.69, 9.17) is 9.84 Å². The molecule has 0 fully saturated rings. The second kappa shape index (κ2) is 6.16. The summed E-state index contributed by atoms with van der Waals surface area (Å²) in [7, 11) is 1.34. The van der Waals surface area contributed by atoms with Crippen LogP contribution in [0.4, 0.5) is 0 Å². The van der Waals surface area contributed by atoms with Crippen molar-refractivity contribution in [3.8, 4) is 0 Å². The topological polar surface area (TPSA) is 55.8 Å². The maximum Gasteiger partial charge on any atom is 0.338 e. The number of carbonyl (C=O) groups excluding carboxylic acids is 1. The SMILES string of the molecule is COC(=O)c1ccccc1COCCO. The van der Waals surface area contributed by atoms with Crippen LogP contribution in [-0.4, -0.2) is 31.4 Å². The second-order valence-corrected chi connectivity index (χ2v) is 2.92. The molecule has 0 aliphatic carbocycles. The van der Waals surface area contributed by atoms with Crippen molar-refractivity contribution < 1.29 is 19.4 Å². The molecule has 0 unspecified atom stereocenters. The Kier molecular flexibility index (Phi) is 4.80. The lowest BCUT2D eigenvalue weighted by Gasteiger charge is -2.07. The first-order chi connectivity index (χ1) is 7.29. The molecule has 0 saturated carbocycles. The molecule has 1 aromatic carbocycles. The number of hydrogen-bond donors (Lipinski definition) is 1. The van der Waals surface area contributed by atoms with E-state index in [9.17, 15) is 4.79 Å². The van der Waals surface area contributed by atoms with Gasteiger partial charge in [0.25, 0.3) is 0 Å². The van der Waals surface area contributed by atoms with Crippen LogP contribution in [0.1, 0.15) is 15.9 Å². The third-order valence-corrected chi connectivity index (χ3v) is 1.92. The molecule has 1 N–H and O–H groups in total. The van der Waals surface area contributed by atoms with Gasteiger partial charge in [0, 0.05) is 0 Å². The van der Waals surface area contributed by atoms with Gasteiger partial charge in [0.2, 0.25) is 0 Å². The summed E-state index contributed by atoms with van der Waals surface area (Å²) in [5.41, 5.74) is 1.26. The molecule has 4 heteroatoms. The van der Waals surface area contributed by atoms with Crippen LogP contribution in [0.15, 0.2) is 24.3 Å². The first kappa shape index (κ1) is 11.7. The number of aliphatic hydroxyl groups excluding tert-OH is 1. The Hall–Kier alpha value is -1.39. The average molecular weight is 210 g/mol. The zero-order valence-corrected chi connectivity index (χ0v) is 8.60. The van der Waals surface area contributed by atoms with E-state index in [0.29, 0.717) is 12.2 Å². The maximum absolute atomic E-state index is 11.3. The molecule has 0 spiro atoms. The van der Waals surface area contributed by atoms with E-state index < -0.39 is 0 Å². The van der Waals surface area contributed by atoms with E-state index in [2.05, 4.69) is 4.74 Å². The van der Waals surface area contributed by atoms with Gasteiger partial charge in [0.15, 0.2) is 0 Å². The molecule has 15 heavy (non-hydrogen) atoms. The van der Waals surface area contributed by atoms with Crippen LogP contribution < -0.4 is 0 Å². The van der Waals surface area contributed by atoms with E-state index in [-0.39, 0.29) is 19.2 Å². The molecule has 1 aromatic rings. The fourth-order valence-electron chi connectivity index (χ4n) is 1.20. The van der Waals surface area contributed by atoms with E-state index in [1.54, 1.807) is 18.2 Å². The van der Waals surface area contributed by atoms with Crippen molar-refractivity contribution in [2.75, 3.05) is 20.3 Å². The highest BCUT2D eigenvalue weighted by Gasteiger charge is 2.10. The summed E-state index contributed by atoms with van der Waals surface area (Å²) in [5, 5.41) is 8.55. The van der Waals surface area contributed by atoms with Crippen LogP contribution in [0.25, 0.3) is 0 Å². The molecule has 0 aliphatic heterocycles. The monoisotopic (exact) mass is 210 g/mol. The molecule has 0 aliphatic rings. The summed E-state index contributed by atoms with van der Waals surface area (Å²) in [6, 6.07) is 7.07. The van der Waals surface area contributed by atoms with Gasteiger partial charge >= 0.3 is 5.97 Å². The van der Waals surface area contributed by atoms with Gasteiger partial charge in [-0.05, 0) is 11.6 Å². The van der Waals surface area contributed by atoms with Crippen LogP contribution in [0.2, 0.25) is 0 Å². The molecule has 82 valence electrons. The van der Waals surface area contributed by atoms with Gasteiger partial charge in [-0.2, -0.15) is 0 Å². The fourth-order valence-corrected chi connectivity index (χ4v) is 1.20. The highest BCUT2D eigenvalue weighted by Crippen LogP contribution is 2.11. The quantitative estimate of drug-likeness (QED) is 0.581. The van der Waals surface area contributed by atoms with Crippen molar-refractivity contribution in [1.82, 2.24) is 0 Å². The zero-order chi connectivity index (χ0) is 11.1. The number of methoxy groups -OCH3 is 1. The molecule has 0 radical (unpaired) electrons. The predicted molar refractivity (Wildman–Crippen MR) is 54.5 cm³/mol. The van der Waals surface area contributed by atoms with Crippen LogP contribution in [0, 0.1) is 0 Å². The smallest absolute Gasteiger partial charge is 0.338 e. The minimum Gasteiger partial charge on any atom is -0.465 e. The van der Waals surface area contributed by atoms with Crippen LogP contribution in [-0.2, 0) is 16.1 Å². The van der Waals surface area contributed by atoms with Crippen molar-refractivity contribution in [2.45, 2.75) is 6.61 Å². The number of benzene rings is 1. The van der Waals surface area contributed by atoms with Crippen molar-refractivity contribution >= 4 is 5.97 Å². The molecule has 0 atom stereocenters. The van der Waals surface area contributed by atoms with E-state index in [1.807, 2.05) is 6.07 Å². The van der Waals surface area contributed by atoms with Gasteiger partial charge in [0.05, 0.1) is 32.5 Å². The van der Waals surface area contributed by atoms with E-state index in [0.717, 1.165) is 5.56 Å². The molecular formula is C11H14O4. The Morgan fingerprint density at radius 2 is 2.13 bits per heavy atom. The lowest BCUT2D eigenvalue weighted by molar-refractivity contribution is 0.0584. The minimum atomic E-state index is -0.377. The summed E-state index contributed by atoms with van der Waals surface area (Å²) in [5.74, 6) is -0.377. The van der Waals surface area contributed by atoms with Crippen LogP contribution in [0.3, 0.4) is 0 Å².